The molecule has 5 rings (SSSR count). The predicted molar refractivity (Wildman–Crippen MR) is 185 cm³/mol. The molecule has 2 aromatic carbocycles. The molecule has 2 saturated heterocycles. The number of carbonyl (C=O) groups is 3. The number of aliphatic hydroxyl groups is 1. The van der Waals surface area contributed by atoms with Crippen LogP contribution in [0.5, 0.6) is 0 Å². The molecule has 0 aliphatic carbocycles. The van der Waals surface area contributed by atoms with E-state index in [1.165, 1.54) is 30.3 Å². The zero-order valence-electron chi connectivity index (χ0n) is 29.0. The second-order valence-electron chi connectivity index (χ2n) is 13.9. The SMILES string of the molecule is COC(=O)C(C(=O)NC(Cc1ccc(-c2cccnc2)cc1)C(O)CN(Cc1ccc(F)c(Cl)c1)NC(=O)OC1COC2OCCC12)C(C)(C)C. The molecule has 2 amide bonds. The summed E-state index contributed by atoms with van der Waals surface area (Å²) in [5, 5.41) is 16.0. The summed E-state index contributed by atoms with van der Waals surface area (Å²) in [4.78, 5) is 43.9. The van der Waals surface area contributed by atoms with Crippen LogP contribution in [0, 0.1) is 23.1 Å². The molecule has 1 aromatic heterocycles. The summed E-state index contributed by atoms with van der Waals surface area (Å²) in [7, 11) is 1.21. The zero-order valence-corrected chi connectivity index (χ0v) is 29.8. The van der Waals surface area contributed by atoms with Crippen LogP contribution in [0.2, 0.25) is 5.02 Å². The molecule has 3 aromatic rings. The number of methoxy groups -OCH3 is 1. The Morgan fingerprint density at radius 2 is 1.84 bits per heavy atom. The Hall–Kier alpha value is -4.14. The molecule has 2 aliphatic rings. The van der Waals surface area contributed by atoms with E-state index < -0.39 is 59.7 Å². The van der Waals surface area contributed by atoms with E-state index >= 15 is 0 Å². The van der Waals surface area contributed by atoms with Crippen LogP contribution in [0.3, 0.4) is 0 Å². The first-order valence-corrected chi connectivity index (χ1v) is 17.1. The van der Waals surface area contributed by atoms with Crippen LogP contribution in [0.25, 0.3) is 11.1 Å². The van der Waals surface area contributed by atoms with Gasteiger partial charge in [0.15, 0.2) is 6.29 Å². The molecule has 2 fully saturated rings. The highest BCUT2D eigenvalue weighted by molar-refractivity contribution is 6.30. The second-order valence-corrected chi connectivity index (χ2v) is 14.3. The van der Waals surface area contributed by atoms with Crippen molar-refractivity contribution in [3.05, 3.63) is 89.0 Å². The summed E-state index contributed by atoms with van der Waals surface area (Å²) in [5.41, 5.74) is 5.07. The molecule has 6 unspecified atom stereocenters. The average molecular weight is 727 g/mol. The van der Waals surface area contributed by atoms with Crippen molar-refractivity contribution in [1.29, 1.82) is 0 Å². The van der Waals surface area contributed by atoms with E-state index in [1.807, 2.05) is 36.4 Å². The lowest BCUT2D eigenvalue weighted by atomic mass is 9.80. The fourth-order valence-corrected chi connectivity index (χ4v) is 6.55. The van der Waals surface area contributed by atoms with Gasteiger partial charge >= 0.3 is 12.1 Å². The number of hydrazine groups is 1. The maximum Gasteiger partial charge on any atom is 0.422 e. The van der Waals surface area contributed by atoms with E-state index in [2.05, 4.69) is 15.7 Å². The number of rotatable bonds is 13. The van der Waals surface area contributed by atoms with E-state index in [1.54, 1.807) is 33.2 Å². The van der Waals surface area contributed by atoms with Gasteiger partial charge in [-0.2, -0.15) is 0 Å². The highest BCUT2D eigenvalue weighted by atomic mass is 35.5. The third kappa shape index (κ3) is 10.0. The Balaban J connectivity index is 1.38. The molecule has 0 spiro atoms. The Labute approximate surface area is 301 Å². The summed E-state index contributed by atoms with van der Waals surface area (Å²) in [6, 6.07) is 14.6. The Kier molecular flexibility index (Phi) is 12.6. The van der Waals surface area contributed by atoms with Crippen LogP contribution in [0.1, 0.15) is 38.3 Å². The quantitative estimate of drug-likeness (QED) is 0.129. The van der Waals surface area contributed by atoms with Crippen LogP contribution in [0.4, 0.5) is 9.18 Å². The van der Waals surface area contributed by atoms with Gasteiger partial charge in [-0.15, -0.1) is 0 Å². The third-order valence-corrected chi connectivity index (χ3v) is 9.31. The van der Waals surface area contributed by atoms with Gasteiger partial charge in [-0.3, -0.25) is 20.0 Å². The van der Waals surface area contributed by atoms with Gasteiger partial charge in [0.2, 0.25) is 5.91 Å². The summed E-state index contributed by atoms with van der Waals surface area (Å²) < 4.78 is 35.8. The van der Waals surface area contributed by atoms with Gasteiger partial charge in [0.05, 0.1) is 43.4 Å². The molecular formula is C37H44ClFN4O8. The van der Waals surface area contributed by atoms with E-state index in [0.717, 1.165) is 16.7 Å². The number of esters is 1. The maximum atomic E-state index is 14.0. The van der Waals surface area contributed by atoms with Crippen molar-refractivity contribution >= 4 is 29.6 Å². The fraction of sp³-hybridized carbons (Fsp3) is 0.459. The highest BCUT2D eigenvalue weighted by Gasteiger charge is 2.44. The van der Waals surface area contributed by atoms with Gasteiger partial charge in [-0.05, 0) is 58.7 Å². The molecule has 3 N–H and O–H groups in total. The van der Waals surface area contributed by atoms with Gasteiger partial charge < -0.3 is 29.4 Å². The normalized spacial score (nSPS) is 20.3. The van der Waals surface area contributed by atoms with Crippen LogP contribution in [-0.2, 0) is 41.5 Å². The van der Waals surface area contributed by atoms with E-state index in [4.69, 9.17) is 30.5 Å². The van der Waals surface area contributed by atoms with E-state index in [9.17, 15) is 23.9 Å². The average Bonchev–Trinajstić information content (AvgIpc) is 3.71. The first-order valence-electron chi connectivity index (χ1n) is 16.8. The molecule has 3 heterocycles. The number of nitrogens with zero attached hydrogens (tertiary/aromatic N) is 2. The lowest BCUT2D eigenvalue weighted by Crippen LogP contribution is -2.55. The first kappa shape index (κ1) is 38.1. The summed E-state index contributed by atoms with van der Waals surface area (Å²) in [6.45, 7) is 5.71. The molecule has 51 heavy (non-hydrogen) atoms. The number of pyridine rings is 1. The van der Waals surface area contributed by atoms with Crippen LogP contribution >= 0.6 is 11.6 Å². The molecule has 14 heteroatoms. The highest BCUT2D eigenvalue weighted by Crippen LogP contribution is 2.33. The monoisotopic (exact) mass is 726 g/mol. The Morgan fingerprint density at radius 1 is 1.10 bits per heavy atom. The first-order chi connectivity index (χ1) is 24.3. The minimum absolute atomic E-state index is 0.00422. The lowest BCUT2D eigenvalue weighted by Gasteiger charge is -2.33. The number of halogens is 2. The molecule has 12 nitrogen and oxygen atoms in total. The number of benzene rings is 2. The number of nitrogens with one attached hydrogen (secondary N) is 2. The van der Waals surface area contributed by atoms with Gasteiger partial charge in [-0.1, -0.05) is 68.8 Å². The van der Waals surface area contributed by atoms with Crippen LogP contribution < -0.4 is 10.7 Å². The predicted octanol–water partition coefficient (Wildman–Crippen LogP) is 4.67. The number of fused-ring (bicyclic) bond motifs is 1. The number of ether oxygens (including phenoxy) is 4. The standard InChI is InChI=1S/C37H44ClFN4O8/c1-37(2,3)32(34(46)48-4)33(45)41-29(17-22-7-10-24(11-8-22)25-6-5-14-40-18-25)30(44)20-43(19-23-9-12-28(39)27(38)16-23)42-36(47)51-31-21-50-35-26(31)13-15-49-35/h5-12,14,16,18,26,29-32,35,44H,13,15,17,19-21H2,1-4H3,(H,41,45)(H,42,47). The molecule has 2 aliphatic heterocycles. The van der Waals surface area contributed by atoms with Gasteiger partial charge in [0.1, 0.15) is 17.8 Å². The van der Waals surface area contributed by atoms with Crippen molar-refractivity contribution in [2.45, 2.75) is 64.7 Å². The van der Waals surface area contributed by atoms with Crippen molar-refractivity contribution in [3.8, 4) is 11.1 Å². The van der Waals surface area contributed by atoms with Crippen molar-refractivity contribution in [2.75, 3.05) is 26.9 Å². The number of aromatic nitrogens is 1. The minimum atomic E-state index is -1.30. The maximum absolute atomic E-state index is 14.0. The number of carbonyl (C=O) groups excluding carboxylic acids is 3. The van der Waals surface area contributed by atoms with Crippen molar-refractivity contribution < 1.29 is 42.8 Å². The number of hydrogen-bond donors (Lipinski definition) is 3. The van der Waals surface area contributed by atoms with Gasteiger partial charge in [0.25, 0.3) is 0 Å². The molecule has 0 bridgehead atoms. The number of aliphatic hydroxyl groups excluding tert-OH is 1. The zero-order chi connectivity index (χ0) is 36.7. The van der Waals surface area contributed by atoms with Crippen LogP contribution in [-0.4, -0.2) is 84.5 Å². The topological polar surface area (TPSA) is 149 Å². The summed E-state index contributed by atoms with van der Waals surface area (Å²) in [6.07, 6.45) is 1.25. The summed E-state index contributed by atoms with van der Waals surface area (Å²) in [5.74, 6) is -3.21. The Bertz CT molecular complexity index is 1660. The second kappa shape index (κ2) is 16.9. The smallest absolute Gasteiger partial charge is 0.422 e. The van der Waals surface area contributed by atoms with E-state index in [0.29, 0.717) is 18.6 Å². The largest absolute Gasteiger partial charge is 0.468 e. The number of amides is 2. The molecule has 0 saturated carbocycles. The summed E-state index contributed by atoms with van der Waals surface area (Å²) >= 11 is 6.06. The lowest BCUT2D eigenvalue weighted by molar-refractivity contribution is -0.155. The Morgan fingerprint density at radius 3 is 2.51 bits per heavy atom. The number of hydrogen-bond acceptors (Lipinski definition) is 10. The molecular weight excluding hydrogens is 683 g/mol. The van der Waals surface area contributed by atoms with Crippen molar-refractivity contribution in [2.24, 2.45) is 17.3 Å². The molecule has 274 valence electrons. The van der Waals surface area contributed by atoms with Crippen molar-refractivity contribution in [1.82, 2.24) is 20.7 Å². The van der Waals surface area contributed by atoms with Crippen molar-refractivity contribution in [3.63, 3.8) is 0 Å². The fourth-order valence-electron chi connectivity index (χ4n) is 6.34. The van der Waals surface area contributed by atoms with Gasteiger partial charge in [0, 0.05) is 25.5 Å². The van der Waals surface area contributed by atoms with Crippen LogP contribution in [0.15, 0.2) is 67.0 Å². The van der Waals surface area contributed by atoms with Gasteiger partial charge in [-0.25, -0.2) is 14.2 Å². The molecule has 0 radical (unpaired) electrons. The molecule has 6 atom stereocenters. The third-order valence-electron chi connectivity index (χ3n) is 9.02. The minimum Gasteiger partial charge on any atom is -0.468 e. The van der Waals surface area contributed by atoms with E-state index in [-0.39, 0.29) is 37.1 Å².